The van der Waals surface area contributed by atoms with Crippen molar-refractivity contribution in [3.8, 4) is 0 Å². The minimum Gasteiger partial charge on any atom is -0.480 e. The number of carbonyl (C=O) groups excluding carboxylic acids is 11. The Morgan fingerprint density at radius 1 is 0.438 bits per heavy atom. The van der Waals surface area contributed by atoms with E-state index < -0.39 is 148 Å². The molecule has 2 heterocycles. The predicted molar refractivity (Wildman–Crippen MR) is 464 cm³/mol. The van der Waals surface area contributed by atoms with Crippen LogP contribution in [0.4, 0.5) is 4.79 Å². The van der Waals surface area contributed by atoms with Gasteiger partial charge in [0.1, 0.15) is 53.9 Å². The highest BCUT2D eigenvalue weighted by atomic mass is 32.2. The molecule has 628 valence electrons. The lowest BCUT2D eigenvalue weighted by Gasteiger charge is -2.38. The molecule has 121 heavy (non-hydrogen) atoms. The van der Waals surface area contributed by atoms with E-state index in [1.165, 1.54) is 28.4 Å². The number of carboxylic acids is 1. The monoisotopic (exact) mass is 1670 g/mol. The van der Waals surface area contributed by atoms with Crippen molar-refractivity contribution in [2.75, 3.05) is 44.2 Å². The Labute approximate surface area is 712 Å². The summed E-state index contributed by atoms with van der Waals surface area (Å²) in [7, 11) is 0. The number of amides is 11. The molecular weight excluding hydrogens is 1570 g/mol. The number of alkyl carbamates (subject to hydrolysis) is 1. The Morgan fingerprint density at radius 2 is 0.835 bits per heavy atom. The molecule has 2 aliphatic rings. The largest absolute Gasteiger partial charge is 0.480 e. The number of benzene rings is 9. The number of thioether (sulfide) groups is 2. The van der Waals surface area contributed by atoms with Crippen molar-refractivity contribution in [2.45, 2.75) is 129 Å². The Hall–Kier alpha value is -12.9. The van der Waals surface area contributed by atoms with Gasteiger partial charge in [0.15, 0.2) is 0 Å². The summed E-state index contributed by atoms with van der Waals surface area (Å²) in [6.07, 6.45) is -0.0972. The summed E-state index contributed by atoms with van der Waals surface area (Å²) in [4.78, 5) is 173. The molecule has 25 nitrogen and oxygen atoms in total. The van der Waals surface area contributed by atoms with Gasteiger partial charge in [0.25, 0.3) is 0 Å². The minimum atomic E-state index is -1.88. The molecule has 0 saturated carbocycles. The highest BCUT2D eigenvalue weighted by Gasteiger charge is 2.45. The van der Waals surface area contributed by atoms with Crippen LogP contribution in [0.2, 0.25) is 0 Å². The van der Waals surface area contributed by atoms with E-state index in [1.54, 1.807) is 20.8 Å². The lowest BCUT2D eigenvalue weighted by atomic mass is 9.77. The SMILES string of the molecule is CC(C)(C)OC(=O)NCCCC[C@H](NC(=O)[C@@H]1CCCN1C(=O)CNC(=O)[C@H](CC(=O)NC(c1ccccc1)(c1ccccc1)c1ccccc1)NC(=O)[C@H](CSC(c1ccccc1)(c1ccccc1)c1ccccc1)NC(=O)[C@H](CSC(c1ccccc1)(c1ccccc1)c1ccccc1)NC(=O)CNC(=O)[C@@H]1CCC(=O)N1)C(=O)NCC(=O)O. The maximum atomic E-state index is 16.5. The average molecular weight is 1670 g/mol. The van der Waals surface area contributed by atoms with Crippen LogP contribution >= 0.6 is 23.5 Å². The van der Waals surface area contributed by atoms with Crippen molar-refractivity contribution in [2.24, 2.45) is 0 Å². The van der Waals surface area contributed by atoms with E-state index >= 15 is 19.2 Å². The molecule has 11 N–H and O–H groups in total. The van der Waals surface area contributed by atoms with E-state index in [4.69, 9.17) is 4.74 Å². The van der Waals surface area contributed by atoms with E-state index in [-0.39, 0.29) is 62.6 Å². The fourth-order valence-electron chi connectivity index (χ4n) is 15.2. The van der Waals surface area contributed by atoms with Crippen LogP contribution in [0, 0.1) is 0 Å². The van der Waals surface area contributed by atoms with Gasteiger partial charge in [0.05, 0.1) is 29.0 Å². The molecule has 2 fully saturated rings. The van der Waals surface area contributed by atoms with E-state index in [0.717, 1.165) is 33.4 Å². The van der Waals surface area contributed by atoms with Crippen molar-refractivity contribution in [1.29, 1.82) is 0 Å². The van der Waals surface area contributed by atoms with Crippen LogP contribution in [-0.4, -0.2) is 167 Å². The molecule has 0 spiro atoms. The number of aliphatic carboxylic acids is 1. The van der Waals surface area contributed by atoms with Gasteiger partial charge in [0.2, 0.25) is 59.1 Å². The molecule has 0 aliphatic carbocycles. The quantitative estimate of drug-likeness (QED) is 0.0126. The molecule has 11 amide bonds. The molecule has 9 aromatic carbocycles. The lowest BCUT2D eigenvalue weighted by Crippen LogP contribution is -2.60. The molecule has 0 unspecified atom stereocenters. The van der Waals surface area contributed by atoms with E-state index in [2.05, 4.69) is 53.2 Å². The first-order valence-corrected chi connectivity index (χ1v) is 42.3. The van der Waals surface area contributed by atoms with E-state index in [9.17, 15) is 43.5 Å². The van der Waals surface area contributed by atoms with Gasteiger partial charge in [0, 0.05) is 31.0 Å². The second-order valence-electron chi connectivity index (χ2n) is 30.5. The summed E-state index contributed by atoms with van der Waals surface area (Å²) in [6, 6.07) is 76.7. The van der Waals surface area contributed by atoms with Crippen LogP contribution < -0.4 is 53.2 Å². The Bertz CT molecular complexity index is 4720. The van der Waals surface area contributed by atoms with Gasteiger partial charge < -0.3 is 67.9 Å². The van der Waals surface area contributed by atoms with E-state index in [0.29, 0.717) is 29.5 Å². The lowest BCUT2D eigenvalue weighted by molar-refractivity contribution is -0.141. The third kappa shape index (κ3) is 23.4. The zero-order chi connectivity index (χ0) is 85.8. The van der Waals surface area contributed by atoms with Crippen molar-refractivity contribution in [3.05, 3.63) is 323 Å². The second kappa shape index (κ2) is 42.7. The average Bonchev–Trinajstić information content (AvgIpc) is 1.17. The fraction of sp³-hybridized carbons (Fsp3) is 0.298. The van der Waals surface area contributed by atoms with Gasteiger partial charge in [-0.15, -0.1) is 23.5 Å². The Morgan fingerprint density at radius 3 is 1.24 bits per heavy atom. The molecule has 11 rings (SSSR count). The van der Waals surface area contributed by atoms with E-state index in [1.807, 2.05) is 273 Å². The first kappa shape index (κ1) is 88.9. The zero-order valence-corrected chi connectivity index (χ0v) is 69.2. The third-order valence-electron chi connectivity index (χ3n) is 20.9. The number of likely N-dealkylation sites (tertiary alicyclic amines) is 1. The zero-order valence-electron chi connectivity index (χ0n) is 67.6. The standard InChI is InChI=1S/C94H101N11O14S2/c1-91(2,3)119-90(118)95-56-32-31-52-73(84(112)98-61-83(110)111)101-89(117)78-53-33-57-105(78)82(109)60-97-86(114)75(58-80(107)104-92(64-34-13-4-14-35-64,65-36-15-5-16-37-65)66-38-17-6-18-39-66)102-88(116)77(63-121-94(70-46-25-10-26-47-70,71-48-27-11-28-49-71)72-50-29-12-30-51-72)103-87(115)76(100-81(108)59-96-85(113)74-54-55-79(106)99-74)62-120-93(67-40-19-7-20-41-67,68-42-21-8-22-43-68)69-44-23-9-24-45-69/h4-30,34-51,73-78H,31-33,52-63H2,1-3H3,(H,95,118)(H,96,113)(H,97,114)(H,98,112)(H,99,106)(H,100,108)(H,101,117)(H,102,116)(H,103,115)(H,104,107)(H,110,111)/t73-,74-,75-,76-,77-,78-/m0/s1. The number of nitrogens with one attached hydrogen (secondary N) is 10. The van der Waals surface area contributed by atoms with Crippen LogP contribution in [-0.2, 0) is 72.5 Å². The number of hydrogen-bond donors (Lipinski definition) is 11. The molecule has 0 aromatic heterocycles. The number of hydrogen-bond acceptors (Lipinski definition) is 15. The smallest absolute Gasteiger partial charge is 0.407 e. The van der Waals surface area contributed by atoms with Crippen LogP contribution in [0.1, 0.15) is 122 Å². The van der Waals surface area contributed by atoms with Crippen LogP contribution in [0.3, 0.4) is 0 Å². The number of rotatable bonds is 39. The van der Waals surface area contributed by atoms with Gasteiger partial charge in [-0.2, -0.15) is 0 Å². The van der Waals surface area contributed by atoms with Crippen LogP contribution in [0.5, 0.6) is 0 Å². The van der Waals surface area contributed by atoms with Gasteiger partial charge in [-0.05, 0) is 109 Å². The molecule has 2 aliphatic heterocycles. The summed E-state index contributed by atoms with van der Waals surface area (Å²) in [5.41, 5.74) is 4.43. The number of unbranched alkanes of at least 4 members (excludes halogenated alkanes) is 1. The van der Waals surface area contributed by atoms with Crippen molar-refractivity contribution >= 4 is 94.7 Å². The maximum absolute atomic E-state index is 16.5. The fourth-order valence-corrected chi connectivity index (χ4v) is 18.3. The van der Waals surface area contributed by atoms with Gasteiger partial charge >= 0.3 is 12.1 Å². The summed E-state index contributed by atoms with van der Waals surface area (Å²) >= 11 is 2.62. The normalized spacial score (nSPS) is 15.0. The Balaban J connectivity index is 0.968. The highest BCUT2D eigenvalue weighted by molar-refractivity contribution is 8.01. The number of nitrogens with zero attached hydrogens (tertiary/aromatic N) is 1. The molecule has 2 saturated heterocycles. The molecule has 27 heteroatoms. The molecule has 6 atom stereocenters. The summed E-state index contributed by atoms with van der Waals surface area (Å²) in [6.45, 7) is 3.16. The summed E-state index contributed by atoms with van der Waals surface area (Å²) < 4.78 is 3.07. The molecule has 0 radical (unpaired) electrons. The number of carboxylic acid groups (broad SMARTS) is 1. The van der Waals surface area contributed by atoms with Crippen molar-refractivity contribution < 1.29 is 67.4 Å². The first-order chi connectivity index (χ1) is 58.5. The van der Waals surface area contributed by atoms with Gasteiger partial charge in [-0.25, -0.2) is 4.79 Å². The first-order valence-electron chi connectivity index (χ1n) is 40.4. The topological polar surface area (TPSA) is 358 Å². The summed E-state index contributed by atoms with van der Waals surface area (Å²) in [5, 5.41) is 37.2. The van der Waals surface area contributed by atoms with Crippen molar-refractivity contribution in [1.82, 2.24) is 58.1 Å². The van der Waals surface area contributed by atoms with Gasteiger partial charge in [-0.1, -0.05) is 273 Å². The second-order valence-corrected chi connectivity index (χ2v) is 32.9. The Kier molecular flexibility index (Phi) is 31.4. The third-order valence-corrected chi connectivity index (χ3v) is 24.2. The number of carbonyl (C=O) groups is 12. The summed E-state index contributed by atoms with van der Waals surface area (Å²) in [5.74, 6) is -9.55. The highest BCUT2D eigenvalue weighted by Crippen LogP contribution is 2.51. The van der Waals surface area contributed by atoms with Crippen LogP contribution in [0.25, 0.3) is 0 Å². The van der Waals surface area contributed by atoms with Crippen molar-refractivity contribution in [3.63, 3.8) is 0 Å². The van der Waals surface area contributed by atoms with Gasteiger partial charge in [-0.3, -0.25) is 52.7 Å². The van der Waals surface area contributed by atoms with Crippen LogP contribution in [0.15, 0.2) is 273 Å². The minimum absolute atomic E-state index is 0.00500. The molecular formula is C94H101N11O14S2. The number of ether oxygens (including phenoxy) is 1. The molecule has 9 aromatic rings. The predicted octanol–water partition coefficient (Wildman–Crippen LogP) is 9.27. The maximum Gasteiger partial charge on any atom is 0.407 e. The molecule has 0 bridgehead atoms.